The van der Waals surface area contributed by atoms with Crippen molar-refractivity contribution in [3.63, 3.8) is 0 Å². The molecule has 9 rings (SSSR count). The van der Waals surface area contributed by atoms with Gasteiger partial charge in [0.25, 0.3) is 23.6 Å². The van der Waals surface area contributed by atoms with E-state index in [2.05, 4.69) is 0 Å². The Labute approximate surface area is 273 Å². The summed E-state index contributed by atoms with van der Waals surface area (Å²) in [6.45, 7) is 3.38. The number of rotatable bonds is 3. The van der Waals surface area contributed by atoms with Crippen LogP contribution in [0, 0.1) is 0 Å². The number of alkyl halides is 1. The first-order chi connectivity index (χ1) is 22.8. The number of hydrogen-bond donors (Lipinski definition) is 0. The van der Waals surface area contributed by atoms with E-state index in [1.54, 1.807) is 6.92 Å². The normalized spacial score (nSPS) is 19.7. The Morgan fingerprint density at radius 2 is 0.809 bits per heavy atom. The lowest BCUT2D eigenvalue weighted by Crippen LogP contribution is -2.47. The quantitative estimate of drug-likeness (QED) is 0.113. The predicted octanol–water partition coefficient (Wildman–Crippen LogP) is 9.35. The molecule has 0 aromatic heterocycles. The summed E-state index contributed by atoms with van der Waals surface area (Å²) in [7, 11) is 0. The van der Waals surface area contributed by atoms with E-state index in [-0.39, 0.29) is 35.7 Å². The molecule has 47 heavy (non-hydrogen) atoms. The molecular formula is C40H39FN2O4. The fourth-order valence-corrected chi connectivity index (χ4v) is 8.65. The van der Waals surface area contributed by atoms with Gasteiger partial charge in [-0.15, -0.1) is 0 Å². The second-order valence-corrected chi connectivity index (χ2v) is 13.9. The maximum Gasteiger partial charge on any atom is 0.261 e. The molecule has 5 aromatic carbocycles. The number of carbonyl (C=O) groups is 4. The van der Waals surface area contributed by atoms with Crippen molar-refractivity contribution in [1.82, 2.24) is 9.80 Å². The summed E-state index contributed by atoms with van der Waals surface area (Å²) in [5.74, 6) is -0.785. The van der Waals surface area contributed by atoms with E-state index in [0.717, 1.165) is 107 Å². The molecule has 2 saturated carbocycles. The first kappa shape index (κ1) is 30.0. The first-order valence-electron chi connectivity index (χ1n) is 17.4. The number of benzene rings is 5. The lowest BCUT2D eigenvalue weighted by Gasteiger charge is -2.37. The average Bonchev–Trinajstić information content (AvgIpc) is 3.10. The number of hydrogen-bond acceptors (Lipinski definition) is 4. The molecule has 2 aliphatic heterocycles. The number of fused-ring (bicyclic) bond motifs is 2. The molecule has 0 spiro atoms. The Kier molecular flexibility index (Phi) is 7.27. The lowest BCUT2D eigenvalue weighted by molar-refractivity contribution is 0.0487. The monoisotopic (exact) mass is 630 g/mol. The molecule has 1 atom stereocenters. The Balaban J connectivity index is 0.000000606. The highest BCUT2D eigenvalue weighted by atomic mass is 19.1. The van der Waals surface area contributed by atoms with Gasteiger partial charge in [-0.05, 0) is 95.6 Å². The lowest BCUT2D eigenvalue weighted by atomic mass is 9.81. The summed E-state index contributed by atoms with van der Waals surface area (Å²) in [6.07, 6.45) is 9.92. The molecular weight excluding hydrogens is 591 g/mol. The highest BCUT2D eigenvalue weighted by Crippen LogP contribution is 2.47. The highest BCUT2D eigenvalue weighted by molar-refractivity contribution is 6.41. The van der Waals surface area contributed by atoms with Crippen LogP contribution in [-0.2, 0) is 0 Å². The van der Waals surface area contributed by atoms with Gasteiger partial charge < -0.3 is 0 Å². The van der Waals surface area contributed by atoms with Crippen LogP contribution in [0.25, 0.3) is 43.1 Å². The molecule has 240 valence electrons. The van der Waals surface area contributed by atoms with Crippen molar-refractivity contribution in [3.05, 3.63) is 70.8 Å². The van der Waals surface area contributed by atoms with Gasteiger partial charge >= 0.3 is 0 Å². The summed E-state index contributed by atoms with van der Waals surface area (Å²) < 4.78 is 11.4. The number of carbonyl (C=O) groups excluding carboxylic acids is 4. The number of nitrogens with zero attached hydrogens (tertiary/aromatic N) is 2. The molecule has 0 bridgehead atoms. The largest absolute Gasteiger partial charge is 0.271 e. The van der Waals surface area contributed by atoms with Gasteiger partial charge in [0.1, 0.15) is 0 Å². The van der Waals surface area contributed by atoms with Crippen LogP contribution in [0.2, 0.25) is 0 Å². The fraction of sp³-hybridized carbons (Fsp3) is 0.400. The summed E-state index contributed by atoms with van der Waals surface area (Å²) >= 11 is 0. The third-order valence-electron chi connectivity index (χ3n) is 11.1. The van der Waals surface area contributed by atoms with Gasteiger partial charge in [0, 0.05) is 45.1 Å². The van der Waals surface area contributed by atoms with Crippen molar-refractivity contribution in [2.24, 2.45) is 0 Å². The fourth-order valence-electron chi connectivity index (χ4n) is 8.65. The second kappa shape index (κ2) is 11.4. The van der Waals surface area contributed by atoms with Crippen molar-refractivity contribution < 1.29 is 23.6 Å². The Morgan fingerprint density at radius 3 is 1.06 bits per heavy atom. The zero-order valence-electron chi connectivity index (χ0n) is 27.0. The van der Waals surface area contributed by atoms with Crippen LogP contribution in [0.5, 0.6) is 0 Å². The molecule has 2 aliphatic carbocycles. The van der Waals surface area contributed by atoms with Crippen LogP contribution in [0.15, 0.2) is 48.5 Å². The van der Waals surface area contributed by atoms with E-state index in [0.29, 0.717) is 28.7 Å². The van der Waals surface area contributed by atoms with Crippen LogP contribution >= 0.6 is 0 Å². The standard InChI is InChI=1S/C36H30N2O4.C4H9F/c39-33-25-15-11-21-23-13-17-27-32-28(36(42)38(35(27)41)20-9-5-2-6-10-20)18-14-24(30(23)32)22-12-16-26(31(25)29(21)22)34(40)37(33)19-7-3-1-4-8-19;1-3-4(2)5/h11-20H,1-10H2;4H,3H2,1-2H3. The summed E-state index contributed by atoms with van der Waals surface area (Å²) in [6, 6.07) is 15.4. The summed E-state index contributed by atoms with van der Waals surface area (Å²) in [5, 5.41) is 6.99. The van der Waals surface area contributed by atoms with Crippen LogP contribution in [0.1, 0.15) is 126 Å². The van der Waals surface area contributed by atoms with Crippen molar-refractivity contribution in [2.45, 2.75) is 103 Å². The molecule has 4 amide bonds. The summed E-state index contributed by atoms with van der Waals surface area (Å²) in [4.78, 5) is 58.5. The van der Waals surface area contributed by atoms with E-state index in [4.69, 9.17) is 0 Å². The zero-order valence-corrected chi connectivity index (χ0v) is 27.0. The maximum absolute atomic E-state index is 13.9. The molecule has 6 nitrogen and oxygen atoms in total. The van der Waals surface area contributed by atoms with Crippen molar-refractivity contribution in [1.29, 1.82) is 0 Å². The van der Waals surface area contributed by atoms with E-state index in [1.807, 2.05) is 55.5 Å². The second-order valence-electron chi connectivity index (χ2n) is 13.9. The van der Waals surface area contributed by atoms with Gasteiger partial charge in [-0.2, -0.15) is 0 Å². The van der Waals surface area contributed by atoms with Gasteiger partial charge in [0.2, 0.25) is 0 Å². The highest BCUT2D eigenvalue weighted by Gasteiger charge is 2.41. The smallest absolute Gasteiger partial charge is 0.261 e. The van der Waals surface area contributed by atoms with Gasteiger partial charge in [0.05, 0.1) is 6.17 Å². The van der Waals surface area contributed by atoms with E-state index in [9.17, 15) is 23.6 Å². The van der Waals surface area contributed by atoms with Gasteiger partial charge in [-0.25, -0.2) is 4.39 Å². The van der Waals surface area contributed by atoms with E-state index >= 15 is 0 Å². The Morgan fingerprint density at radius 1 is 0.532 bits per heavy atom. The minimum atomic E-state index is -0.616. The number of amides is 4. The molecule has 2 heterocycles. The van der Waals surface area contributed by atoms with Crippen molar-refractivity contribution >= 4 is 66.7 Å². The molecule has 0 N–H and O–H groups in total. The Hall–Kier alpha value is -4.39. The first-order valence-corrected chi connectivity index (χ1v) is 17.4. The molecule has 5 aromatic rings. The molecule has 2 fully saturated rings. The maximum atomic E-state index is 13.9. The molecule has 1 unspecified atom stereocenters. The van der Waals surface area contributed by atoms with Crippen LogP contribution in [0.3, 0.4) is 0 Å². The number of imide groups is 2. The predicted molar refractivity (Wildman–Crippen MR) is 183 cm³/mol. The van der Waals surface area contributed by atoms with E-state index in [1.165, 1.54) is 9.80 Å². The SMILES string of the molecule is CCC(C)F.O=C1c2ccc3c4ccc5c6c(ccc(c7ccc(c2c37)C(=O)N1C1CCCCC1)c64)C(=O)N(C1CCCCC1)C5=O. The number of halogens is 1. The summed E-state index contributed by atoms with van der Waals surface area (Å²) in [5.41, 5.74) is 2.33. The van der Waals surface area contributed by atoms with Crippen LogP contribution in [0.4, 0.5) is 4.39 Å². The van der Waals surface area contributed by atoms with Gasteiger partial charge in [-0.1, -0.05) is 69.7 Å². The van der Waals surface area contributed by atoms with Crippen molar-refractivity contribution in [3.8, 4) is 0 Å². The molecule has 7 heteroatoms. The van der Waals surface area contributed by atoms with Gasteiger partial charge in [-0.3, -0.25) is 29.0 Å². The molecule has 0 saturated heterocycles. The third-order valence-corrected chi connectivity index (χ3v) is 11.1. The minimum absolute atomic E-state index is 0.0469. The van der Waals surface area contributed by atoms with E-state index < -0.39 is 6.17 Å². The average molecular weight is 631 g/mol. The van der Waals surface area contributed by atoms with Crippen LogP contribution < -0.4 is 0 Å². The molecule has 4 aliphatic rings. The third kappa shape index (κ3) is 4.41. The van der Waals surface area contributed by atoms with Gasteiger partial charge in [0.15, 0.2) is 0 Å². The van der Waals surface area contributed by atoms with Crippen LogP contribution in [-0.4, -0.2) is 51.7 Å². The topological polar surface area (TPSA) is 74.8 Å². The van der Waals surface area contributed by atoms with Crippen molar-refractivity contribution in [2.75, 3.05) is 0 Å². The zero-order chi connectivity index (χ0) is 32.6. The molecule has 0 radical (unpaired) electrons. The Bertz CT molecular complexity index is 1860. The minimum Gasteiger partial charge on any atom is -0.271 e.